The highest BCUT2D eigenvalue weighted by atomic mass is 32.1. The van der Waals surface area contributed by atoms with E-state index in [-0.39, 0.29) is 17.5 Å². The van der Waals surface area contributed by atoms with E-state index >= 15 is 0 Å². The molecule has 0 atom stereocenters. The van der Waals surface area contributed by atoms with Gasteiger partial charge in [0.15, 0.2) is 11.6 Å². The Morgan fingerprint density at radius 2 is 2.00 bits per heavy atom. The molecule has 2 N–H and O–H groups in total. The highest BCUT2D eigenvalue weighted by molar-refractivity contribution is 7.17. The second kappa shape index (κ2) is 6.67. The minimum absolute atomic E-state index is 0.0802. The molecule has 0 bridgehead atoms. The van der Waals surface area contributed by atoms with Crippen molar-refractivity contribution in [3.63, 3.8) is 0 Å². The quantitative estimate of drug-likeness (QED) is 0.759. The average molecular weight is 341 g/mol. The van der Waals surface area contributed by atoms with Crippen LogP contribution in [-0.2, 0) is 0 Å². The van der Waals surface area contributed by atoms with E-state index in [2.05, 4.69) is 15.3 Å². The van der Waals surface area contributed by atoms with Crippen LogP contribution in [0.3, 0.4) is 0 Å². The lowest BCUT2D eigenvalue weighted by atomic mass is 10.2. The van der Waals surface area contributed by atoms with Gasteiger partial charge in [-0.3, -0.25) is 4.79 Å². The topological polar surface area (TPSA) is 84.3 Å². The predicted octanol–water partition coefficient (Wildman–Crippen LogP) is 3.48. The fraction of sp³-hybridized carbons (Fsp3) is 0.118. The number of methoxy groups -OCH3 is 1. The number of nitrogens with zero attached hydrogens (tertiary/aromatic N) is 2. The Morgan fingerprint density at radius 3 is 2.67 bits per heavy atom. The van der Waals surface area contributed by atoms with Gasteiger partial charge in [0.05, 0.1) is 12.8 Å². The first-order chi connectivity index (χ1) is 11.6. The van der Waals surface area contributed by atoms with Gasteiger partial charge < -0.3 is 15.2 Å². The van der Waals surface area contributed by atoms with E-state index in [4.69, 9.17) is 4.74 Å². The van der Waals surface area contributed by atoms with Crippen molar-refractivity contribution in [1.29, 1.82) is 0 Å². The molecule has 1 aromatic carbocycles. The summed E-state index contributed by atoms with van der Waals surface area (Å²) in [5.74, 6) is 0.457. The normalized spacial score (nSPS) is 10.4. The summed E-state index contributed by atoms with van der Waals surface area (Å²) in [5, 5.41) is 13.0. The summed E-state index contributed by atoms with van der Waals surface area (Å²) in [4.78, 5) is 21.3. The lowest BCUT2D eigenvalue weighted by molar-refractivity contribution is 0.102. The zero-order valence-electron chi connectivity index (χ0n) is 13.1. The number of nitrogens with one attached hydrogen (secondary N) is 1. The Bertz CT molecular complexity index is 875. The first kappa shape index (κ1) is 15.9. The number of carbonyl (C=O) groups is 1. The van der Waals surface area contributed by atoms with Crippen molar-refractivity contribution in [2.45, 2.75) is 6.92 Å². The molecule has 24 heavy (non-hydrogen) atoms. The van der Waals surface area contributed by atoms with Gasteiger partial charge in [-0.15, -0.1) is 11.3 Å². The Morgan fingerprint density at radius 1 is 1.25 bits per heavy atom. The third-order valence-corrected chi connectivity index (χ3v) is 4.56. The van der Waals surface area contributed by atoms with Crippen LogP contribution >= 0.6 is 11.3 Å². The van der Waals surface area contributed by atoms with Crippen molar-refractivity contribution in [3.8, 4) is 22.1 Å². The number of aromatic hydroxyl groups is 1. The second-order valence-electron chi connectivity index (χ2n) is 4.99. The second-order valence-corrected chi connectivity index (χ2v) is 5.99. The number of hydrogen-bond donors (Lipinski definition) is 2. The van der Waals surface area contributed by atoms with Crippen LogP contribution in [0.25, 0.3) is 10.6 Å². The maximum Gasteiger partial charge on any atom is 0.268 e. The largest absolute Gasteiger partial charge is 0.504 e. The molecule has 2 aromatic heterocycles. The monoisotopic (exact) mass is 341 g/mol. The van der Waals surface area contributed by atoms with Crippen molar-refractivity contribution >= 4 is 23.1 Å². The van der Waals surface area contributed by atoms with Crippen molar-refractivity contribution in [3.05, 3.63) is 53.2 Å². The van der Waals surface area contributed by atoms with E-state index in [0.29, 0.717) is 10.6 Å². The number of carbonyl (C=O) groups excluding carboxylic acids is 1. The fourth-order valence-electron chi connectivity index (χ4n) is 2.12. The van der Waals surface area contributed by atoms with Gasteiger partial charge in [0.1, 0.15) is 15.6 Å². The predicted molar refractivity (Wildman–Crippen MR) is 92.7 cm³/mol. The number of pyridine rings is 1. The van der Waals surface area contributed by atoms with Crippen LogP contribution in [0.4, 0.5) is 5.82 Å². The van der Waals surface area contributed by atoms with E-state index in [0.717, 1.165) is 16.3 Å². The number of ether oxygens (including phenoxy) is 1. The van der Waals surface area contributed by atoms with Gasteiger partial charge in [-0.05, 0) is 43.3 Å². The molecule has 0 fully saturated rings. The summed E-state index contributed by atoms with van der Waals surface area (Å²) >= 11 is 1.29. The number of aromatic nitrogens is 2. The number of rotatable bonds is 4. The van der Waals surface area contributed by atoms with Gasteiger partial charge in [-0.1, -0.05) is 0 Å². The molecule has 0 saturated carbocycles. The van der Waals surface area contributed by atoms with E-state index < -0.39 is 0 Å². The molecule has 1 amide bonds. The molecule has 0 aliphatic heterocycles. The minimum Gasteiger partial charge on any atom is -0.504 e. The number of hydrogen-bond acceptors (Lipinski definition) is 6. The van der Waals surface area contributed by atoms with E-state index in [1.165, 1.54) is 23.6 Å². The molecular formula is C17H15N3O3S. The molecule has 6 nitrogen and oxygen atoms in total. The Balaban J connectivity index is 1.85. The van der Waals surface area contributed by atoms with Gasteiger partial charge in [-0.25, -0.2) is 9.97 Å². The lowest BCUT2D eigenvalue weighted by Gasteiger charge is -2.04. The molecule has 0 spiro atoms. The first-order valence-electron chi connectivity index (χ1n) is 7.15. The highest BCUT2D eigenvalue weighted by Gasteiger charge is 2.18. The number of benzene rings is 1. The van der Waals surface area contributed by atoms with Gasteiger partial charge in [-0.2, -0.15) is 0 Å². The van der Waals surface area contributed by atoms with Crippen molar-refractivity contribution < 1.29 is 14.6 Å². The van der Waals surface area contributed by atoms with E-state index in [1.54, 1.807) is 20.1 Å². The van der Waals surface area contributed by atoms with Crippen LogP contribution < -0.4 is 10.1 Å². The third kappa shape index (κ3) is 3.21. The standard InChI is InChI=1S/C17H15N3O3S/c1-10-14(16(22)20-15-13(21)4-3-9-18-15)24-17(19-10)11-5-7-12(23-2)8-6-11/h3-9,21H,1-2H3,(H,18,20,22). The van der Waals surface area contributed by atoms with Gasteiger partial charge >= 0.3 is 0 Å². The Kier molecular flexibility index (Phi) is 4.43. The van der Waals surface area contributed by atoms with Crippen LogP contribution in [0.1, 0.15) is 15.4 Å². The summed E-state index contributed by atoms with van der Waals surface area (Å²) < 4.78 is 5.14. The van der Waals surface area contributed by atoms with Gasteiger partial charge in [0.2, 0.25) is 0 Å². The summed E-state index contributed by atoms with van der Waals surface area (Å²) in [5.41, 5.74) is 1.53. The minimum atomic E-state index is -0.348. The Hall–Kier alpha value is -2.93. The van der Waals surface area contributed by atoms with Crippen molar-refractivity contribution in [1.82, 2.24) is 9.97 Å². The molecule has 0 unspecified atom stereocenters. The number of anilines is 1. The Labute approximate surface area is 142 Å². The number of amides is 1. The van der Waals surface area contributed by atoms with Gasteiger partial charge in [0, 0.05) is 11.8 Å². The molecule has 3 aromatic rings. The van der Waals surface area contributed by atoms with Crippen LogP contribution in [-0.4, -0.2) is 28.1 Å². The van der Waals surface area contributed by atoms with Crippen molar-refractivity contribution in [2.75, 3.05) is 12.4 Å². The summed E-state index contributed by atoms with van der Waals surface area (Å²) in [6.07, 6.45) is 1.50. The highest BCUT2D eigenvalue weighted by Crippen LogP contribution is 2.30. The molecule has 122 valence electrons. The van der Waals surface area contributed by atoms with Crippen LogP contribution in [0, 0.1) is 6.92 Å². The first-order valence-corrected chi connectivity index (χ1v) is 7.97. The molecule has 0 aliphatic rings. The zero-order chi connectivity index (χ0) is 17.1. The average Bonchev–Trinajstić information content (AvgIpc) is 2.99. The maximum absolute atomic E-state index is 12.4. The van der Waals surface area contributed by atoms with Crippen LogP contribution in [0.2, 0.25) is 0 Å². The fourth-order valence-corrected chi connectivity index (χ4v) is 3.09. The molecule has 2 heterocycles. The lowest BCUT2D eigenvalue weighted by Crippen LogP contribution is -2.12. The van der Waals surface area contributed by atoms with Crippen LogP contribution in [0.5, 0.6) is 11.5 Å². The summed E-state index contributed by atoms with van der Waals surface area (Å²) in [6.45, 7) is 1.77. The molecule has 0 saturated heterocycles. The van der Waals surface area contributed by atoms with Gasteiger partial charge in [0.25, 0.3) is 5.91 Å². The maximum atomic E-state index is 12.4. The third-order valence-electron chi connectivity index (χ3n) is 3.36. The molecule has 0 radical (unpaired) electrons. The molecule has 3 rings (SSSR count). The van der Waals surface area contributed by atoms with E-state index in [1.807, 2.05) is 24.3 Å². The van der Waals surface area contributed by atoms with Crippen LogP contribution in [0.15, 0.2) is 42.6 Å². The summed E-state index contributed by atoms with van der Waals surface area (Å²) in [6, 6.07) is 10.5. The SMILES string of the molecule is COc1ccc(-c2nc(C)c(C(=O)Nc3ncccc3O)s2)cc1. The smallest absolute Gasteiger partial charge is 0.268 e. The molecular weight excluding hydrogens is 326 g/mol. The van der Waals surface area contributed by atoms with Crippen molar-refractivity contribution in [2.24, 2.45) is 0 Å². The molecule has 0 aliphatic carbocycles. The summed E-state index contributed by atoms with van der Waals surface area (Å²) in [7, 11) is 1.61. The number of aryl methyl sites for hydroxylation is 1. The number of thiazole rings is 1. The van der Waals surface area contributed by atoms with E-state index in [9.17, 15) is 9.90 Å². The molecule has 7 heteroatoms. The zero-order valence-corrected chi connectivity index (χ0v) is 13.9.